The number of nitrogens with one attached hydrogen (secondary N) is 1. The number of fused-ring (bicyclic) bond motifs is 1. The molecule has 0 fully saturated rings. The fraction of sp³-hybridized carbons (Fsp3) is 0.143. The van der Waals surface area contributed by atoms with Crippen LogP contribution >= 0.6 is 11.6 Å². The highest BCUT2D eigenvalue weighted by atomic mass is 35.5. The summed E-state index contributed by atoms with van der Waals surface area (Å²) in [5.41, 5.74) is 1.06. The Bertz CT molecular complexity index is 667. The zero-order valence-corrected chi connectivity index (χ0v) is 11.2. The Morgan fingerprint density at radius 2 is 1.95 bits per heavy atom. The number of benzene rings is 2. The van der Waals surface area contributed by atoms with E-state index in [9.17, 15) is 9.59 Å². The van der Waals surface area contributed by atoms with Crippen molar-refractivity contribution in [1.29, 1.82) is 0 Å². The van der Waals surface area contributed by atoms with Crippen molar-refractivity contribution in [3.63, 3.8) is 0 Å². The fourth-order valence-electron chi connectivity index (χ4n) is 1.83. The third-order valence-corrected chi connectivity index (χ3v) is 2.96. The van der Waals surface area contributed by atoms with E-state index in [1.165, 1.54) is 14.0 Å². The lowest BCUT2D eigenvalue weighted by molar-refractivity contribution is -0.114. The van der Waals surface area contributed by atoms with Crippen molar-refractivity contribution >= 4 is 39.9 Å². The number of hydrogen-bond donors (Lipinski definition) is 1. The average Bonchev–Trinajstić information content (AvgIpc) is 2.37. The van der Waals surface area contributed by atoms with Gasteiger partial charge in [0.2, 0.25) is 5.91 Å². The van der Waals surface area contributed by atoms with E-state index in [4.69, 9.17) is 11.6 Å². The number of anilines is 1. The molecule has 2 rings (SSSR count). The summed E-state index contributed by atoms with van der Waals surface area (Å²) in [7, 11) is 1.32. The van der Waals surface area contributed by atoms with Gasteiger partial charge in [0.15, 0.2) is 0 Å². The number of ether oxygens (including phenoxy) is 1. The van der Waals surface area contributed by atoms with Crippen molar-refractivity contribution in [2.24, 2.45) is 0 Å². The third kappa shape index (κ3) is 2.85. The van der Waals surface area contributed by atoms with Crippen LogP contribution in [0.4, 0.5) is 5.69 Å². The van der Waals surface area contributed by atoms with Gasteiger partial charge in [-0.05, 0) is 29.7 Å². The highest BCUT2D eigenvalue weighted by molar-refractivity contribution is 6.36. The zero-order chi connectivity index (χ0) is 14.0. The van der Waals surface area contributed by atoms with Gasteiger partial charge in [-0.25, -0.2) is 4.79 Å². The van der Waals surface area contributed by atoms with Gasteiger partial charge in [-0.2, -0.15) is 0 Å². The molecule has 4 nitrogen and oxygen atoms in total. The number of rotatable bonds is 2. The molecule has 0 aliphatic heterocycles. The molecule has 0 aliphatic carbocycles. The Hall–Kier alpha value is -2.07. The summed E-state index contributed by atoms with van der Waals surface area (Å²) < 4.78 is 4.66. The Labute approximate surface area is 115 Å². The SMILES string of the molecule is COC(=O)c1cc(Cl)c2cc(NC(C)=O)ccc2c1. The topological polar surface area (TPSA) is 55.4 Å². The molecule has 0 atom stereocenters. The van der Waals surface area contributed by atoms with Crippen molar-refractivity contribution in [2.45, 2.75) is 6.92 Å². The Morgan fingerprint density at radius 3 is 2.58 bits per heavy atom. The second-order valence-corrected chi connectivity index (χ2v) is 4.47. The van der Waals surface area contributed by atoms with Gasteiger partial charge in [-0.3, -0.25) is 4.79 Å². The predicted octanol–water partition coefficient (Wildman–Crippen LogP) is 3.24. The van der Waals surface area contributed by atoms with E-state index in [-0.39, 0.29) is 5.91 Å². The maximum atomic E-state index is 11.5. The Balaban J connectivity index is 2.53. The summed E-state index contributed by atoms with van der Waals surface area (Å²) in [6.45, 7) is 1.44. The molecule has 1 N–H and O–H groups in total. The molecule has 2 aromatic carbocycles. The van der Waals surface area contributed by atoms with Gasteiger partial charge in [0, 0.05) is 23.0 Å². The molecule has 0 aliphatic rings. The minimum atomic E-state index is -0.435. The van der Waals surface area contributed by atoms with Crippen molar-refractivity contribution in [1.82, 2.24) is 0 Å². The van der Waals surface area contributed by atoms with Gasteiger partial charge >= 0.3 is 5.97 Å². The summed E-state index contributed by atoms with van der Waals surface area (Å²) in [6, 6.07) is 8.55. The quantitative estimate of drug-likeness (QED) is 0.858. The lowest BCUT2D eigenvalue weighted by Gasteiger charge is -2.07. The monoisotopic (exact) mass is 277 g/mol. The van der Waals surface area contributed by atoms with Crippen LogP contribution in [0.15, 0.2) is 30.3 Å². The minimum Gasteiger partial charge on any atom is -0.465 e. The Morgan fingerprint density at radius 1 is 1.21 bits per heavy atom. The van der Waals surface area contributed by atoms with Gasteiger partial charge in [0.1, 0.15) is 0 Å². The van der Waals surface area contributed by atoms with Crippen LogP contribution in [-0.4, -0.2) is 19.0 Å². The van der Waals surface area contributed by atoms with E-state index in [0.717, 1.165) is 10.8 Å². The molecule has 0 unspecified atom stereocenters. The maximum Gasteiger partial charge on any atom is 0.337 e. The highest BCUT2D eigenvalue weighted by Gasteiger charge is 2.10. The van der Waals surface area contributed by atoms with Crippen LogP contribution in [-0.2, 0) is 9.53 Å². The summed E-state index contributed by atoms with van der Waals surface area (Å²) in [5.74, 6) is -0.587. The zero-order valence-electron chi connectivity index (χ0n) is 10.5. The van der Waals surface area contributed by atoms with Crippen molar-refractivity contribution in [3.8, 4) is 0 Å². The molecule has 5 heteroatoms. The number of methoxy groups -OCH3 is 1. The van der Waals surface area contributed by atoms with Gasteiger partial charge in [-0.1, -0.05) is 17.7 Å². The summed E-state index contributed by atoms with van der Waals surface area (Å²) >= 11 is 6.15. The van der Waals surface area contributed by atoms with Gasteiger partial charge < -0.3 is 10.1 Å². The third-order valence-electron chi connectivity index (χ3n) is 2.65. The summed E-state index contributed by atoms with van der Waals surface area (Å²) in [5, 5.41) is 4.69. The molecule has 1 amide bonds. The van der Waals surface area contributed by atoms with Crippen LogP contribution in [0.25, 0.3) is 10.8 Å². The number of hydrogen-bond acceptors (Lipinski definition) is 3. The average molecular weight is 278 g/mol. The van der Waals surface area contributed by atoms with Crippen molar-refractivity contribution < 1.29 is 14.3 Å². The molecular weight excluding hydrogens is 266 g/mol. The van der Waals surface area contributed by atoms with Crippen LogP contribution in [0.5, 0.6) is 0 Å². The number of esters is 1. The van der Waals surface area contributed by atoms with Gasteiger partial charge in [-0.15, -0.1) is 0 Å². The van der Waals surface area contributed by atoms with E-state index in [1.54, 1.807) is 30.3 Å². The normalized spacial score (nSPS) is 10.3. The van der Waals surface area contributed by atoms with Crippen molar-refractivity contribution in [3.05, 3.63) is 40.9 Å². The smallest absolute Gasteiger partial charge is 0.337 e. The number of halogens is 1. The molecule has 0 aromatic heterocycles. The lowest BCUT2D eigenvalue weighted by atomic mass is 10.1. The van der Waals surface area contributed by atoms with Crippen LogP contribution < -0.4 is 5.32 Å². The van der Waals surface area contributed by atoms with Gasteiger partial charge in [0.05, 0.1) is 12.7 Å². The molecule has 2 aromatic rings. The van der Waals surface area contributed by atoms with Gasteiger partial charge in [0.25, 0.3) is 0 Å². The first-order chi connectivity index (χ1) is 9.01. The van der Waals surface area contributed by atoms with Crippen LogP contribution in [0.3, 0.4) is 0 Å². The van der Waals surface area contributed by atoms with Crippen LogP contribution in [0.1, 0.15) is 17.3 Å². The molecule has 0 heterocycles. The summed E-state index contributed by atoms with van der Waals surface area (Å²) in [6.07, 6.45) is 0. The molecule has 0 bridgehead atoms. The van der Waals surface area contributed by atoms with E-state index >= 15 is 0 Å². The van der Waals surface area contributed by atoms with E-state index < -0.39 is 5.97 Å². The van der Waals surface area contributed by atoms with E-state index in [0.29, 0.717) is 16.3 Å². The molecule has 0 spiro atoms. The van der Waals surface area contributed by atoms with Crippen molar-refractivity contribution in [2.75, 3.05) is 12.4 Å². The standard InChI is InChI=1S/C14H12ClNO3/c1-8(17)16-11-4-3-9-5-10(14(18)19-2)6-13(15)12(9)7-11/h3-7H,1-2H3,(H,16,17). The molecule has 0 saturated carbocycles. The molecule has 19 heavy (non-hydrogen) atoms. The number of carbonyl (C=O) groups is 2. The second-order valence-electron chi connectivity index (χ2n) is 4.07. The lowest BCUT2D eigenvalue weighted by Crippen LogP contribution is -2.05. The largest absolute Gasteiger partial charge is 0.465 e. The van der Waals surface area contributed by atoms with E-state index in [2.05, 4.69) is 10.1 Å². The molecular formula is C14H12ClNO3. The minimum absolute atomic E-state index is 0.151. The van der Waals surface area contributed by atoms with Crippen LogP contribution in [0, 0.1) is 0 Å². The Kier molecular flexibility index (Phi) is 3.71. The first-order valence-corrected chi connectivity index (χ1v) is 5.98. The molecule has 0 radical (unpaired) electrons. The second kappa shape index (κ2) is 5.28. The number of amides is 1. The first-order valence-electron chi connectivity index (χ1n) is 5.60. The predicted molar refractivity (Wildman–Crippen MR) is 74.6 cm³/mol. The molecule has 98 valence electrons. The van der Waals surface area contributed by atoms with Crippen LogP contribution in [0.2, 0.25) is 5.02 Å². The molecule has 0 saturated heterocycles. The van der Waals surface area contributed by atoms with E-state index in [1.807, 2.05) is 0 Å². The maximum absolute atomic E-state index is 11.5. The highest BCUT2D eigenvalue weighted by Crippen LogP contribution is 2.28. The summed E-state index contributed by atoms with van der Waals surface area (Å²) in [4.78, 5) is 22.5. The fourth-order valence-corrected chi connectivity index (χ4v) is 2.11. The number of carbonyl (C=O) groups excluding carboxylic acids is 2. The first kappa shape index (κ1) is 13.4.